The Bertz CT molecular complexity index is 286. The second-order valence-corrected chi connectivity index (χ2v) is 4.24. The van der Waals surface area contributed by atoms with E-state index >= 15 is 0 Å². The summed E-state index contributed by atoms with van der Waals surface area (Å²) in [5.41, 5.74) is 1.33. The molecule has 76 valence electrons. The number of benzene rings is 1. The van der Waals surface area contributed by atoms with Gasteiger partial charge < -0.3 is 10.0 Å². The molecular weight excluding hydrogens is 174 g/mol. The SMILES string of the molecule is CN1C[C@H](Cc2ccccc2)[C@@H](O)C1. The van der Waals surface area contributed by atoms with Gasteiger partial charge in [0.05, 0.1) is 6.10 Å². The maximum atomic E-state index is 9.78. The molecule has 1 aliphatic rings. The van der Waals surface area contributed by atoms with Crippen LogP contribution in [0.5, 0.6) is 0 Å². The third-order valence-corrected chi connectivity index (χ3v) is 2.93. The zero-order chi connectivity index (χ0) is 9.97. The van der Waals surface area contributed by atoms with E-state index in [0.29, 0.717) is 5.92 Å². The average Bonchev–Trinajstić information content (AvgIpc) is 2.47. The molecule has 0 unspecified atom stereocenters. The molecule has 1 saturated heterocycles. The number of hydrogen-bond acceptors (Lipinski definition) is 2. The Morgan fingerprint density at radius 2 is 2.00 bits per heavy atom. The van der Waals surface area contributed by atoms with Crippen LogP contribution in [-0.4, -0.2) is 36.2 Å². The van der Waals surface area contributed by atoms with Crippen molar-refractivity contribution in [1.29, 1.82) is 0 Å². The molecule has 0 aliphatic carbocycles. The van der Waals surface area contributed by atoms with Crippen LogP contribution in [0.4, 0.5) is 0 Å². The molecule has 2 atom stereocenters. The van der Waals surface area contributed by atoms with E-state index in [9.17, 15) is 5.11 Å². The number of aliphatic hydroxyl groups excluding tert-OH is 1. The molecule has 0 spiro atoms. The monoisotopic (exact) mass is 191 g/mol. The van der Waals surface area contributed by atoms with Crippen molar-refractivity contribution in [3.8, 4) is 0 Å². The van der Waals surface area contributed by atoms with Gasteiger partial charge in [0.2, 0.25) is 0 Å². The van der Waals surface area contributed by atoms with E-state index < -0.39 is 0 Å². The highest BCUT2D eigenvalue weighted by Gasteiger charge is 2.28. The molecule has 14 heavy (non-hydrogen) atoms. The van der Waals surface area contributed by atoms with E-state index in [0.717, 1.165) is 19.5 Å². The Morgan fingerprint density at radius 1 is 1.29 bits per heavy atom. The number of likely N-dealkylation sites (tertiary alicyclic amines) is 1. The van der Waals surface area contributed by atoms with E-state index in [1.165, 1.54) is 5.56 Å². The number of nitrogens with zero attached hydrogens (tertiary/aromatic N) is 1. The van der Waals surface area contributed by atoms with E-state index in [1.54, 1.807) is 0 Å². The van der Waals surface area contributed by atoms with Gasteiger partial charge in [0.1, 0.15) is 0 Å². The van der Waals surface area contributed by atoms with Crippen molar-refractivity contribution in [2.45, 2.75) is 12.5 Å². The van der Waals surface area contributed by atoms with Crippen LogP contribution in [0.2, 0.25) is 0 Å². The van der Waals surface area contributed by atoms with E-state index in [4.69, 9.17) is 0 Å². The highest BCUT2D eigenvalue weighted by Crippen LogP contribution is 2.19. The summed E-state index contributed by atoms with van der Waals surface area (Å²) in [7, 11) is 2.06. The van der Waals surface area contributed by atoms with Crippen molar-refractivity contribution < 1.29 is 5.11 Å². The van der Waals surface area contributed by atoms with Gasteiger partial charge in [-0.2, -0.15) is 0 Å². The normalized spacial score (nSPS) is 28.1. The van der Waals surface area contributed by atoms with Gasteiger partial charge in [0, 0.05) is 19.0 Å². The Labute approximate surface area is 85.2 Å². The van der Waals surface area contributed by atoms with Crippen molar-refractivity contribution in [3.63, 3.8) is 0 Å². The first kappa shape index (κ1) is 9.69. The topological polar surface area (TPSA) is 23.5 Å². The number of aliphatic hydroxyl groups is 1. The molecular formula is C12H17NO. The lowest BCUT2D eigenvalue weighted by Gasteiger charge is -2.12. The van der Waals surface area contributed by atoms with E-state index in [2.05, 4.69) is 36.2 Å². The lowest BCUT2D eigenvalue weighted by atomic mass is 9.97. The summed E-state index contributed by atoms with van der Waals surface area (Å²) in [5.74, 6) is 0.405. The predicted molar refractivity (Wildman–Crippen MR) is 57.1 cm³/mol. The fourth-order valence-corrected chi connectivity index (χ4v) is 2.18. The molecule has 0 amide bonds. The molecule has 2 rings (SSSR count). The first-order valence-electron chi connectivity index (χ1n) is 5.16. The second kappa shape index (κ2) is 4.11. The van der Waals surface area contributed by atoms with Gasteiger partial charge in [-0.25, -0.2) is 0 Å². The van der Waals surface area contributed by atoms with Crippen molar-refractivity contribution in [2.24, 2.45) is 5.92 Å². The minimum absolute atomic E-state index is 0.153. The van der Waals surface area contributed by atoms with Crippen molar-refractivity contribution in [1.82, 2.24) is 4.90 Å². The maximum absolute atomic E-state index is 9.78. The lowest BCUT2D eigenvalue weighted by Crippen LogP contribution is -2.19. The van der Waals surface area contributed by atoms with Gasteiger partial charge in [0.25, 0.3) is 0 Å². The van der Waals surface area contributed by atoms with Crippen molar-refractivity contribution in [3.05, 3.63) is 35.9 Å². The molecule has 1 heterocycles. The first-order chi connectivity index (χ1) is 6.75. The first-order valence-corrected chi connectivity index (χ1v) is 5.16. The predicted octanol–water partition coefficient (Wildman–Crippen LogP) is 1.15. The van der Waals surface area contributed by atoms with E-state index in [-0.39, 0.29) is 6.10 Å². The molecule has 1 aliphatic heterocycles. The smallest absolute Gasteiger partial charge is 0.0710 e. The molecule has 0 radical (unpaired) electrons. The largest absolute Gasteiger partial charge is 0.391 e. The van der Waals surface area contributed by atoms with Gasteiger partial charge >= 0.3 is 0 Å². The summed E-state index contributed by atoms with van der Waals surface area (Å²) in [4.78, 5) is 2.19. The van der Waals surface area contributed by atoms with Crippen molar-refractivity contribution in [2.75, 3.05) is 20.1 Å². The van der Waals surface area contributed by atoms with Crippen LogP contribution >= 0.6 is 0 Å². The van der Waals surface area contributed by atoms with Crippen LogP contribution in [0.1, 0.15) is 5.56 Å². The highest BCUT2D eigenvalue weighted by atomic mass is 16.3. The summed E-state index contributed by atoms with van der Waals surface area (Å²) >= 11 is 0. The summed E-state index contributed by atoms with van der Waals surface area (Å²) in [6, 6.07) is 10.4. The Morgan fingerprint density at radius 3 is 2.57 bits per heavy atom. The zero-order valence-corrected chi connectivity index (χ0v) is 8.56. The van der Waals surface area contributed by atoms with E-state index in [1.807, 2.05) is 6.07 Å². The number of hydrogen-bond donors (Lipinski definition) is 1. The average molecular weight is 191 g/mol. The fraction of sp³-hybridized carbons (Fsp3) is 0.500. The van der Waals surface area contributed by atoms with Gasteiger partial charge in [-0.05, 0) is 19.0 Å². The van der Waals surface area contributed by atoms with Crippen molar-refractivity contribution >= 4 is 0 Å². The van der Waals surface area contributed by atoms with Crippen LogP contribution < -0.4 is 0 Å². The number of likely N-dealkylation sites (N-methyl/N-ethyl adjacent to an activating group) is 1. The molecule has 2 heteroatoms. The highest BCUT2D eigenvalue weighted by molar-refractivity contribution is 5.16. The Balaban J connectivity index is 1.98. The van der Waals surface area contributed by atoms with Crippen LogP contribution in [0.15, 0.2) is 30.3 Å². The Kier molecular flexibility index (Phi) is 2.85. The van der Waals surface area contributed by atoms with Gasteiger partial charge in [0.15, 0.2) is 0 Å². The minimum atomic E-state index is -0.153. The second-order valence-electron chi connectivity index (χ2n) is 4.24. The molecule has 2 nitrogen and oxygen atoms in total. The standard InChI is InChI=1S/C12H17NO/c1-13-8-11(12(14)9-13)7-10-5-3-2-4-6-10/h2-6,11-12,14H,7-9H2,1H3/t11-,12-/m0/s1. The maximum Gasteiger partial charge on any atom is 0.0710 e. The third kappa shape index (κ3) is 2.14. The number of rotatable bonds is 2. The summed E-state index contributed by atoms with van der Waals surface area (Å²) in [6.45, 7) is 1.83. The Hall–Kier alpha value is -0.860. The van der Waals surface area contributed by atoms with Gasteiger partial charge in [-0.15, -0.1) is 0 Å². The lowest BCUT2D eigenvalue weighted by molar-refractivity contribution is 0.143. The molecule has 1 aromatic rings. The molecule has 0 bridgehead atoms. The summed E-state index contributed by atoms with van der Waals surface area (Å²) in [5, 5.41) is 9.78. The minimum Gasteiger partial charge on any atom is -0.391 e. The van der Waals surface area contributed by atoms with Gasteiger partial charge in [-0.3, -0.25) is 0 Å². The van der Waals surface area contributed by atoms with Crippen LogP contribution in [-0.2, 0) is 6.42 Å². The molecule has 0 saturated carbocycles. The van der Waals surface area contributed by atoms with Crippen LogP contribution in [0.25, 0.3) is 0 Å². The molecule has 1 N–H and O–H groups in total. The number of β-amino-alcohol motifs (C(OH)–C–C–N with tert-alkyl or cyclic N) is 1. The summed E-state index contributed by atoms with van der Waals surface area (Å²) in [6.07, 6.45) is 0.840. The van der Waals surface area contributed by atoms with Crippen LogP contribution in [0.3, 0.4) is 0 Å². The third-order valence-electron chi connectivity index (χ3n) is 2.93. The zero-order valence-electron chi connectivity index (χ0n) is 8.56. The molecule has 1 aromatic carbocycles. The van der Waals surface area contributed by atoms with Gasteiger partial charge in [-0.1, -0.05) is 30.3 Å². The molecule has 0 aromatic heterocycles. The molecule has 1 fully saturated rings. The fourth-order valence-electron chi connectivity index (χ4n) is 2.18. The van der Waals surface area contributed by atoms with Crippen LogP contribution in [0, 0.1) is 5.92 Å². The summed E-state index contributed by atoms with van der Waals surface area (Å²) < 4.78 is 0. The quantitative estimate of drug-likeness (QED) is 0.758.